The fraction of sp³-hybridized carbons (Fsp3) is 0.154. The first-order valence-electron chi connectivity index (χ1n) is 5.53. The number of carbonyl (C=O) groups is 1. The molecule has 0 saturated carbocycles. The lowest BCUT2D eigenvalue weighted by molar-refractivity contribution is 0.0932. The molecule has 0 spiro atoms. The summed E-state index contributed by atoms with van der Waals surface area (Å²) in [6.07, 6.45) is 3.59. The van der Waals surface area contributed by atoms with Gasteiger partial charge < -0.3 is 15.5 Å². The van der Waals surface area contributed by atoms with Crippen molar-refractivity contribution in [2.24, 2.45) is 5.73 Å². The Labute approximate surface area is 113 Å². The van der Waals surface area contributed by atoms with Crippen LogP contribution >= 0.6 is 15.9 Å². The van der Waals surface area contributed by atoms with E-state index in [0.29, 0.717) is 24.4 Å². The highest BCUT2D eigenvalue weighted by atomic mass is 79.9. The Balaban J connectivity index is 2.13. The summed E-state index contributed by atoms with van der Waals surface area (Å²) in [5, 5.41) is 3.62. The van der Waals surface area contributed by atoms with Crippen LogP contribution in [0.4, 0.5) is 0 Å². The van der Waals surface area contributed by atoms with Gasteiger partial charge in [-0.15, -0.1) is 0 Å². The second kappa shape index (κ2) is 5.84. The van der Waals surface area contributed by atoms with Gasteiger partial charge in [-0.2, -0.15) is 0 Å². The van der Waals surface area contributed by atoms with Gasteiger partial charge in [-0.05, 0) is 28.1 Å². The smallest absolute Gasteiger partial charge is 0.287 e. The van der Waals surface area contributed by atoms with Crippen molar-refractivity contribution in [2.45, 2.75) is 0 Å². The number of carbonyl (C=O) groups excluding carboxylic acids is 1. The summed E-state index contributed by atoms with van der Waals surface area (Å²) in [6.45, 7) is 0.904. The topological polar surface area (TPSA) is 68.3 Å². The van der Waals surface area contributed by atoms with E-state index in [1.165, 1.54) is 0 Å². The predicted molar refractivity (Wildman–Crippen MR) is 74.4 cm³/mol. The Hall–Kier alpha value is -1.59. The summed E-state index contributed by atoms with van der Waals surface area (Å²) in [4.78, 5) is 11.8. The lowest BCUT2D eigenvalue weighted by Crippen LogP contribution is -2.22. The molecule has 0 aliphatic rings. The van der Waals surface area contributed by atoms with Gasteiger partial charge in [0.05, 0.1) is 4.47 Å². The maximum Gasteiger partial charge on any atom is 0.287 e. The van der Waals surface area contributed by atoms with E-state index in [4.69, 9.17) is 10.2 Å². The van der Waals surface area contributed by atoms with E-state index >= 15 is 0 Å². The Bertz CT molecular complexity index is 590. The van der Waals surface area contributed by atoms with Crippen LogP contribution in [0.5, 0.6) is 0 Å². The fourth-order valence-corrected chi connectivity index (χ4v) is 2.02. The minimum Gasteiger partial charge on any atom is -0.450 e. The maximum absolute atomic E-state index is 11.8. The fourth-order valence-electron chi connectivity index (χ4n) is 1.56. The molecule has 3 N–H and O–H groups in total. The average Bonchev–Trinajstić information content (AvgIpc) is 2.80. The van der Waals surface area contributed by atoms with E-state index < -0.39 is 0 Å². The largest absolute Gasteiger partial charge is 0.450 e. The Morgan fingerprint density at radius 2 is 2.28 bits per heavy atom. The van der Waals surface area contributed by atoms with Gasteiger partial charge in [0.15, 0.2) is 5.76 Å². The molecular formula is C13H13BrN2O2. The van der Waals surface area contributed by atoms with Gasteiger partial charge in [0.1, 0.15) is 5.58 Å². The van der Waals surface area contributed by atoms with Crippen LogP contribution < -0.4 is 11.1 Å². The van der Waals surface area contributed by atoms with Gasteiger partial charge in [-0.25, -0.2) is 0 Å². The van der Waals surface area contributed by atoms with Crippen molar-refractivity contribution in [1.82, 2.24) is 5.32 Å². The summed E-state index contributed by atoms with van der Waals surface area (Å²) in [5.74, 6) is 0.0674. The van der Waals surface area contributed by atoms with Gasteiger partial charge in [0.25, 0.3) is 5.91 Å². The van der Waals surface area contributed by atoms with Crippen molar-refractivity contribution < 1.29 is 9.21 Å². The zero-order chi connectivity index (χ0) is 13.0. The second-order valence-electron chi connectivity index (χ2n) is 3.69. The van der Waals surface area contributed by atoms with Crippen LogP contribution in [-0.4, -0.2) is 19.0 Å². The van der Waals surface area contributed by atoms with E-state index in [0.717, 1.165) is 9.86 Å². The third-order valence-electron chi connectivity index (χ3n) is 2.40. The molecule has 1 aromatic carbocycles. The third kappa shape index (κ3) is 2.80. The van der Waals surface area contributed by atoms with Gasteiger partial charge in [0, 0.05) is 18.5 Å². The average molecular weight is 309 g/mol. The first-order chi connectivity index (χ1) is 8.72. The summed E-state index contributed by atoms with van der Waals surface area (Å²) < 4.78 is 6.35. The first-order valence-corrected chi connectivity index (χ1v) is 6.33. The highest BCUT2D eigenvalue weighted by Gasteiger charge is 2.12. The molecule has 0 unspecified atom stereocenters. The number of hydrogen-bond acceptors (Lipinski definition) is 3. The zero-order valence-corrected chi connectivity index (χ0v) is 11.2. The molecule has 0 saturated heterocycles. The number of fused-ring (bicyclic) bond motifs is 1. The number of benzene rings is 1. The molecule has 0 radical (unpaired) electrons. The second-order valence-corrected chi connectivity index (χ2v) is 4.54. The van der Waals surface area contributed by atoms with E-state index in [2.05, 4.69) is 21.2 Å². The quantitative estimate of drug-likeness (QED) is 0.852. The molecule has 94 valence electrons. The van der Waals surface area contributed by atoms with Gasteiger partial charge in [-0.3, -0.25) is 4.79 Å². The zero-order valence-electron chi connectivity index (χ0n) is 9.65. The number of nitrogens with one attached hydrogen (secondary N) is 1. The molecule has 2 aromatic rings. The number of furan rings is 1. The maximum atomic E-state index is 11.8. The van der Waals surface area contributed by atoms with E-state index in [-0.39, 0.29) is 5.91 Å². The van der Waals surface area contributed by atoms with Crippen molar-refractivity contribution in [3.8, 4) is 0 Å². The molecule has 1 amide bonds. The summed E-state index contributed by atoms with van der Waals surface area (Å²) >= 11 is 3.38. The molecule has 0 aliphatic heterocycles. The third-order valence-corrected chi connectivity index (χ3v) is 3.03. The molecule has 2 rings (SSSR count). The number of amides is 1. The molecule has 0 fully saturated rings. The Morgan fingerprint density at radius 1 is 1.44 bits per heavy atom. The molecule has 0 aliphatic carbocycles. The van der Waals surface area contributed by atoms with Gasteiger partial charge >= 0.3 is 0 Å². The standard InChI is InChI=1S/C13H13BrN2O2/c14-10-5-3-4-9-8-11(18-12(9)10)13(17)16-7-2-1-6-15/h1-5,8H,6-7,15H2,(H,16,17)/b2-1+. The van der Waals surface area contributed by atoms with Crippen molar-refractivity contribution in [3.63, 3.8) is 0 Å². The predicted octanol–water partition coefficient (Wildman–Crippen LogP) is 2.44. The summed E-state index contributed by atoms with van der Waals surface area (Å²) in [5.41, 5.74) is 5.98. The minimum atomic E-state index is -0.236. The number of rotatable bonds is 4. The molecule has 4 nitrogen and oxygen atoms in total. The van der Waals surface area contributed by atoms with Crippen LogP contribution in [0.1, 0.15) is 10.6 Å². The van der Waals surface area contributed by atoms with Crippen LogP contribution in [0.25, 0.3) is 11.0 Å². The minimum absolute atomic E-state index is 0.236. The van der Waals surface area contributed by atoms with Crippen molar-refractivity contribution in [3.05, 3.63) is 46.7 Å². The molecule has 18 heavy (non-hydrogen) atoms. The molecule has 5 heteroatoms. The van der Waals surface area contributed by atoms with E-state index in [1.807, 2.05) is 18.2 Å². The van der Waals surface area contributed by atoms with Crippen molar-refractivity contribution in [1.29, 1.82) is 0 Å². The van der Waals surface area contributed by atoms with Crippen LogP contribution in [0.3, 0.4) is 0 Å². The van der Waals surface area contributed by atoms with Crippen molar-refractivity contribution in [2.75, 3.05) is 13.1 Å². The Kier molecular flexibility index (Phi) is 4.17. The number of para-hydroxylation sites is 1. The van der Waals surface area contributed by atoms with Crippen LogP contribution in [0.2, 0.25) is 0 Å². The van der Waals surface area contributed by atoms with Gasteiger partial charge in [-0.1, -0.05) is 24.3 Å². The van der Waals surface area contributed by atoms with Crippen LogP contribution in [0, 0.1) is 0 Å². The van der Waals surface area contributed by atoms with E-state index in [9.17, 15) is 4.79 Å². The molecule has 1 heterocycles. The summed E-state index contributed by atoms with van der Waals surface area (Å²) in [7, 11) is 0. The highest BCUT2D eigenvalue weighted by molar-refractivity contribution is 9.10. The number of hydrogen-bond donors (Lipinski definition) is 2. The molecular weight excluding hydrogens is 296 g/mol. The lowest BCUT2D eigenvalue weighted by Gasteiger charge is -1.97. The SMILES string of the molecule is NC/C=C/CNC(=O)c1cc2cccc(Br)c2o1. The highest BCUT2D eigenvalue weighted by Crippen LogP contribution is 2.26. The number of halogens is 1. The van der Waals surface area contributed by atoms with Crippen molar-refractivity contribution >= 4 is 32.8 Å². The molecule has 0 bridgehead atoms. The summed E-state index contributed by atoms with van der Waals surface area (Å²) in [6, 6.07) is 7.39. The first kappa shape index (κ1) is 12.9. The molecule has 1 aromatic heterocycles. The van der Waals surface area contributed by atoms with Crippen LogP contribution in [-0.2, 0) is 0 Å². The van der Waals surface area contributed by atoms with E-state index in [1.54, 1.807) is 18.2 Å². The molecule has 0 atom stereocenters. The van der Waals surface area contributed by atoms with Crippen LogP contribution in [0.15, 0.2) is 45.3 Å². The number of nitrogens with two attached hydrogens (primary N) is 1. The monoisotopic (exact) mass is 308 g/mol. The Morgan fingerprint density at radius 3 is 3.00 bits per heavy atom. The normalized spacial score (nSPS) is 11.2. The lowest BCUT2D eigenvalue weighted by atomic mass is 10.2. The van der Waals surface area contributed by atoms with Gasteiger partial charge in [0.2, 0.25) is 0 Å².